The number of anilines is 2. The van der Waals surface area contributed by atoms with E-state index in [0.29, 0.717) is 31.2 Å². The lowest BCUT2D eigenvalue weighted by Crippen LogP contribution is -2.40. The van der Waals surface area contributed by atoms with Crippen LogP contribution in [0.5, 0.6) is 0 Å². The number of sulfonamides is 2. The van der Waals surface area contributed by atoms with Crippen molar-refractivity contribution in [1.29, 1.82) is 0 Å². The summed E-state index contributed by atoms with van der Waals surface area (Å²) in [5.41, 5.74) is 6.40. The number of unbranched alkanes of at least 4 members (excludes halogenated alkanes) is 10. The highest BCUT2D eigenvalue weighted by Gasteiger charge is 2.34. The number of nitrogens with zero attached hydrogens (tertiary/aromatic N) is 1. The van der Waals surface area contributed by atoms with Crippen molar-refractivity contribution in [2.45, 2.75) is 90.9 Å². The molecule has 0 atom stereocenters. The highest BCUT2D eigenvalue weighted by Crippen LogP contribution is 2.36. The summed E-state index contributed by atoms with van der Waals surface area (Å²) in [6.45, 7) is 4.25. The Labute approximate surface area is 212 Å². The van der Waals surface area contributed by atoms with E-state index in [2.05, 4.69) is 45.7 Å². The van der Waals surface area contributed by atoms with Gasteiger partial charge in [-0.2, -0.15) is 3.71 Å². The minimum absolute atomic E-state index is 0.0786. The van der Waals surface area contributed by atoms with Crippen LogP contribution < -0.4 is 9.44 Å². The summed E-state index contributed by atoms with van der Waals surface area (Å²) in [4.78, 5) is 0. The van der Waals surface area contributed by atoms with Gasteiger partial charge in [0.1, 0.15) is 0 Å². The van der Waals surface area contributed by atoms with Crippen LogP contribution in [0, 0.1) is 0 Å². The van der Waals surface area contributed by atoms with Gasteiger partial charge >= 0.3 is 0 Å². The number of benzene rings is 1. The quantitative estimate of drug-likeness (QED) is 0.150. The first kappa shape index (κ1) is 29.7. The Bertz CT molecular complexity index is 838. The van der Waals surface area contributed by atoms with Crippen LogP contribution in [0.1, 0.15) is 90.9 Å². The molecule has 0 aliphatic rings. The molecule has 0 heterocycles. The summed E-state index contributed by atoms with van der Waals surface area (Å²) in [6, 6.07) is 2.91. The van der Waals surface area contributed by atoms with Crippen LogP contribution >= 0.6 is 31.9 Å². The molecule has 0 bridgehead atoms. The molecule has 1 aromatic rings. The van der Waals surface area contributed by atoms with E-state index in [1.165, 1.54) is 12.1 Å². The van der Waals surface area contributed by atoms with Gasteiger partial charge in [0, 0.05) is 8.95 Å². The summed E-state index contributed by atoms with van der Waals surface area (Å²) in [6.07, 6.45) is 10.9. The molecule has 0 spiro atoms. The first-order valence-electron chi connectivity index (χ1n) is 11.6. The highest BCUT2D eigenvalue weighted by atomic mass is 79.9. The average molecular weight is 618 g/mol. The van der Waals surface area contributed by atoms with E-state index < -0.39 is 20.0 Å². The van der Waals surface area contributed by atoms with Crippen molar-refractivity contribution in [2.24, 2.45) is 0 Å². The van der Waals surface area contributed by atoms with Crippen LogP contribution in [0.3, 0.4) is 0 Å². The molecule has 0 aromatic heterocycles. The Balaban J connectivity index is 3.05. The predicted octanol–water partition coefficient (Wildman–Crippen LogP) is 6.98. The van der Waals surface area contributed by atoms with Gasteiger partial charge in [-0.15, -0.1) is 0 Å². The van der Waals surface area contributed by atoms with Crippen LogP contribution in [0.4, 0.5) is 11.4 Å². The summed E-state index contributed by atoms with van der Waals surface area (Å²) in [5.74, 6) is -0.400. The molecule has 32 heavy (non-hydrogen) atoms. The standard InChI is InChI=1S/C22H38Br2N2O4S2/c1-3-5-7-9-11-13-15-31(27,28)26(19-17-20(23)22(25)21(24)18-19)32(29,30)16-14-12-10-8-6-4-2/h17-18H,3-16,25H2,1-2H3. The fourth-order valence-electron chi connectivity index (χ4n) is 3.47. The number of hydrogen-bond acceptors (Lipinski definition) is 5. The molecule has 6 nitrogen and oxygen atoms in total. The molecule has 0 saturated carbocycles. The lowest BCUT2D eigenvalue weighted by Gasteiger charge is -2.25. The minimum atomic E-state index is -4.06. The molecule has 0 fully saturated rings. The van der Waals surface area contributed by atoms with E-state index in [1.54, 1.807) is 0 Å². The lowest BCUT2D eigenvalue weighted by atomic mass is 10.1. The monoisotopic (exact) mass is 616 g/mol. The molecule has 0 amide bonds. The van der Waals surface area contributed by atoms with Crippen LogP contribution in [-0.2, 0) is 20.0 Å². The minimum Gasteiger partial charge on any atom is -0.397 e. The van der Waals surface area contributed by atoms with Gasteiger partial charge in [-0.3, -0.25) is 0 Å². The van der Waals surface area contributed by atoms with Crippen LogP contribution in [0.25, 0.3) is 0 Å². The summed E-state index contributed by atoms with van der Waals surface area (Å²) in [7, 11) is -8.12. The Morgan fingerprint density at radius 3 is 1.41 bits per heavy atom. The van der Waals surface area contributed by atoms with Crippen LogP contribution in [0.15, 0.2) is 21.1 Å². The third-order valence-corrected chi connectivity index (χ3v) is 11.0. The Morgan fingerprint density at radius 2 is 1.03 bits per heavy atom. The third-order valence-electron chi connectivity index (χ3n) is 5.29. The number of nitrogen functional groups attached to an aromatic ring is 1. The summed E-state index contributed by atoms with van der Waals surface area (Å²) < 4.78 is 54.4. The maximum absolute atomic E-state index is 13.2. The van der Waals surface area contributed by atoms with E-state index in [0.717, 1.165) is 64.2 Å². The molecule has 186 valence electrons. The molecule has 0 aliphatic heterocycles. The topological polar surface area (TPSA) is 97.5 Å². The Morgan fingerprint density at radius 1 is 0.688 bits per heavy atom. The Hall–Kier alpha value is -0.320. The van der Waals surface area contributed by atoms with E-state index in [4.69, 9.17) is 5.73 Å². The predicted molar refractivity (Wildman–Crippen MR) is 143 cm³/mol. The average Bonchev–Trinajstić information content (AvgIpc) is 2.71. The number of nitrogens with two attached hydrogens (primary N) is 1. The largest absolute Gasteiger partial charge is 0.397 e. The molecule has 10 heteroatoms. The second-order valence-electron chi connectivity index (χ2n) is 8.19. The first-order chi connectivity index (χ1) is 15.1. The van der Waals surface area contributed by atoms with E-state index in [1.807, 2.05) is 0 Å². The fourth-order valence-corrected chi connectivity index (χ4v) is 8.78. The second-order valence-corrected chi connectivity index (χ2v) is 14.0. The molecule has 0 radical (unpaired) electrons. The highest BCUT2D eigenvalue weighted by molar-refractivity contribution is 9.11. The second kappa shape index (κ2) is 14.8. The van der Waals surface area contributed by atoms with Crippen molar-refractivity contribution < 1.29 is 16.8 Å². The van der Waals surface area contributed by atoms with Crippen molar-refractivity contribution in [3.63, 3.8) is 0 Å². The van der Waals surface area contributed by atoms with E-state index in [-0.39, 0.29) is 17.2 Å². The molecule has 0 unspecified atom stereocenters. The number of rotatable bonds is 17. The van der Waals surface area contributed by atoms with Gasteiger partial charge < -0.3 is 5.73 Å². The maximum atomic E-state index is 13.2. The zero-order valence-electron chi connectivity index (χ0n) is 19.3. The van der Waals surface area contributed by atoms with Gasteiger partial charge in [-0.1, -0.05) is 78.1 Å². The summed E-state index contributed by atoms with van der Waals surface area (Å²) >= 11 is 6.61. The molecule has 2 N–H and O–H groups in total. The van der Waals surface area contributed by atoms with Gasteiger partial charge in [-0.05, 0) is 56.8 Å². The normalized spacial score (nSPS) is 12.2. The smallest absolute Gasteiger partial charge is 0.248 e. The van der Waals surface area contributed by atoms with Crippen molar-refractivity contribution in [2.75, 3.05) is 20.9 Å². The van der Waals surface area contributed by atoms with Gasteiger partial charge in [-0.25, -0.2) is 16.8 Å². The van der Waals surface area contributed by atoms with Crippen LogP contribution in [-0.4, -0.2) is 28.3 Å². The number of hydrogen-bond donors (Lipinski definition) is 1. The summed E-state index contributed by atoms with van der Waals surface area (Å²) in [5, 5.41) is 0. The van der Waals surface area contributed by atoms with Gasteiger partial charge in [0.05, 0.1) is 22.9 Å². The van der Waals surface area contributed by atoms with E-state index >= 15 is 0 Å². The van der Waals surface area contributed by atoms with Gasteiger partial charge in [0.25, 0.3) is 0 Å². The van der Waals surface area contributed by atoms with Crippen molar-refractivity contribution in [3.05, 3.63) is 21.1 Å². The molecule has 1 rings (SSSR count). The van der Waals surface area contributed by atoms with Crippen molar-refractivity contribution >= 4 is 63.3 Å². The van der Waals surface area contributed by atoms with Gasteiger partial charge in [0.15, 0.2) is 0 Å². The molecular weight excluding hydrogens is 580 g/mol. The molecule has 0 aliphatic carbocycles. The maximum Gasteiger partial charge on any atom is 0.248 e. The molecule has 0 saturated heterocycles. The zero-order valence-corrected chi connectivity index (χ0v) is 24.1. The lowest BCUT2D eigenvalue weighted by molar-refractivity contribution is 0.573. The van der Waals surface area contributed by atoms with Gasteiger partial charge in [0.2, 0.25) is 20.0 Å². The Kier molecular flexibility index (Phi) is 13.8. The first-order valence-corrected chi connectivity index (χ1v) is 16.4. The van der Waals surface area contributed by atoms with Crippen molar-refractivity contribution in [1.82, 2.24) is 0 Å². The molecule has 1 aromatic carbocycles. The third kappa shape index (κ3) is 9.89. The fraction of sp³-hybridized carbons (Fsp3) is 0.727. The van der Waals surface area contributed by atoms with Crippen LogP contribution in [0.2, 0.25) is 0 Å². The number of halogens is 2. The van der Waals surface area contributed by atoms with Crippen molar-refractivity contribution in [3.8, 4) is 0 Å². The SMILES string of the molecule is CCCCCCCCS(=O)(=O)N(c1cc(Br)c(N)c(Br)c1)S(=O)(=O)CCCCCCCC. The zero-order chi connectivity index (χ0) is 24.2. The molecular formula is C22H38Br2N2O4S2. The van der Waals surface area contributed by atoms with E-state index in [9.17, 15) is 16.8 Å².